The van der Waals surface area contributed by atoms with Crippen LogP contribution in [0, 0.1) is 17.6 Å². The van der Waals surface area contributed by atoms with Crippen LogP contribution in [0.3, 0.4) is 0 Å². The number of nitrogens with zero attached hydrogens (tertiary/aromatic N) is 6. The van der Waals surface area contributed by atoms with Gasteiger partial charge >= 0.3 is 0 Å². The highest BCUT2D eigenvalue weighted by Crippen LogP contribution is 2.44. The number of hydrogen-bond acceptors (Lipinski definition) is 7. The van der Waals surface area contributed by atoms with Gasteiger partial charge in [0.05, 0.1) is 23.3 Å². The number of benzene rings is 1. The van der Waals surface area contributed by atoms with Crippen molar-refractivity contribution in [2.45, 2.75) is 44.4 Å². The Bertz CT molecular complexity index is 1260. The molecule has 10 heteroatoms. The van der Waals surface area contributed by atoms with Crippen molar-refractivity contribution in [2.75, 3.05) is 36.4 Å². The molecule has 1 amide bonds. The summed E-state index contributed by atoms with van der Waals surface area (Å²) in [6, 6.07) is 10.2. The van der Waals surface area contributed by atoms with E-state index in [9.17, 15) is 13.6 Å². The summed E-state index contributed by atoms with van der Waals surface area (Å²) in [5.41, 5.74) is 3.13. The molecule has 38 heavy (non-hydrogen) atoms. The maximum atomic E-state index is 14.3. The van der Waals surface area contributed by atoms with E-state index < -0.39 is 11.6 Å². The standard InChI is InChI=1S/C28H31F2N7O/c29-22-15-25-26(16-23(22)30)37(27(34-25)24-3-1-2-9-31-24)21-7-13-36(14-8-21)28(38)20-5-11-35(12-6-20)18-19-4-10-32-33-17-19/h1-4,9-10,15-17,20-21,27,34H,5-8,11-14,18H2. The first-order chi connectivity index (χ1) is 18.6. The summed E-state index contributed by atoms with van der Waals surface area (Å²) < 4.78 is 28.3. The van der Waals surface area contributed by atoms with Crippen molar-refractivity contribution in [1.82, 2.24) is 25.0 Å². The molecule has 1 atom stereocenters. The molecular weight excluding hydrogens is 488 g/mol. The van der Waals surface area contributed by atoms with Crippen LogP contribution < -0.4 is 10.2 Å². The highest BCUT2D eigenvalue weighted by atomic mass is 19.2. The largest absolute Gasteiger partial charge is 0.358 e. The molecule has 2 saturated heterocycles. The van der Waals surface area contributed by atoms with Crippen LogP contribution in [0.2, 0.25) is 0 Å². The van der Waals surface area contributed by atoms with Gasteiger partial charge in [0.1, 0.15) is 6.17 Å². The molecule has 2 fully saturated rings. The molecular formula is C28H31F2N7O. The topological polar surface area (TPSA) is 77.5 Å². The minimum atomic E-state index is -0.873. The van der Waals surface area contributed by atoms with Crippen LogP contribution in [0.4, 0.5) is 20.2 Å². The van der Waals surface area contributed by atoms with E-state index in [0.717, 1.165) is 56.6 Å². The highest BCUT2D eigenvalue weighted by molar-refractivity contribution is 5.80. The number of nitrogens with one attached hydrogen (secondary N) is 1. The second-order valence-corrected chi connectivity index (χ2v) is 10.3. The van der Waals surface area contributed by atoms with Gasteiger partial charge in [-0.3, -0.25) is 14.7 Å². The number of likely N-dealkylation sites (tertiary alicyclic amines) is 2. The molecule has 1 aromatic carbocycles. The zero-order valence-electron chi connectivity index (χ0n) is 21.1. The van der Waals surface area contributed by atoms with Gasteiger partial charge in [0, 0.05) is 56.1 Å². The van der Waals surface area contributed by atoms with Crippen LogP contribution in [0.25, 0.3) is 0 Å². The highest BCUT2D eigenvalue weighted by Gasteiger charge is 2.39. The summed E-state index contributed by atoms with van der Waals surface area (Å²) in [5.74, 6) is -1.45. The summed E-state index contributed by atoms with van der Waals surface area (Å²) in [5, 5.41) is 11.1. The molecule has 3 aliphatic heterocycles. The fraction of sp³-hybridized carbons (Fsp3) is 0.429. The third kappa shape index (κ3) is 4.92. The maximum Gasteiger partial charge on any atom is 0.225 e. The number of hydrogen-bond donors (Lipinski definition) is 1. The van der Waals surface area contributed by atoms with Crippen molar-refractivity contribution in [2.24, 2.45) is 5.92 Å². The Morgan fingerprint density at radius 3 is 2.45 bits per heavy atom. The monoisotopic (exact) mass is 519 g/mol. The van der Waals surface area contributed by atoms with Gasteiger partial charge in [-0.1, -0.05) is 6.07 Å². The van der Waals surface area contributed by atoms with Crippen molar-refractivity contribution in [3.63, 3.8) is 0 Å². The molecule has 198 valence electrons. The smallest absolute Gasteiger partial charge is 0.225 e. The Balaban J connectivity index is 1.09. The molecule has 1 unspecified atom stereocenters. The number of halogens is 2. The molecule has 6 rings (SSSR count). The first-order valence-electron chi connectivity index (χ1n) is 13.3. The number of piperidine rings is 2. The summed E-state index contributed by atoms with van der Waals surface area (Å²) in [4.78, 5) is 24.4. The normalized spacial score (nSPS) is 20.8. The second kappa shape index (κ2) is 10.6. The zero-order valence-corrected chi connectivity index (χ0v) is 21.1. The lowest BCUT2D eigenvalue weighted by Crippen LogP contribution is -2.50. The van der Waals surface area contributed by atoms with E-state index >= 15 is 0 Å². The minimum Gasteiger partial charge on any atom is -0.358 e. The average Bonchev–Trinajstić information content (AvgIpc) is 3.32. The summed E-state index contributed by atoms with van der Waals surface area (Å²) in [6.07, 6.45) is 8.12. The number of carbonyl (C=O) groups excluding carboxylic acids is 1. The molecule has 3 aromatic rings. The van der Waals surface area contributed by atoms with E-state index in [1.54, 1.807) is 18.6 Å². The molecule has 3 aliphatic rings. The van der Waals surface area contributed by atoms with E-state index in [0.29, 0.717) is 24.5 Å². The molecule has 0 aliphatic carbocycles. The lowest BCUT2D eigenvalue weighted by molar-refractivity contribution is -0.138. The van der Waals surface area contributed by atoms with Gasteiger partial charge < -0.3 is 15.1 Å². The van der Waals surface area contributed by atoms with E-state index in [1.165, 1.54) is 12.1 Å². The van der Waals surface area contributed by atoms with E-state index in [-0.39, 0.29) is 24.0 Å². The number of aromatic nitrogens is 3. The molecule has 0 radical (unpaired) electrons. The van der Waals surface area contributed by atoms with Gasteiger partial charge in [-0.05, 0) is 62.5 Å². The van der Waals surface area contributed by atoms with E-state index in [4.69, 9.17) is 0 Å². The van der Waals surface area contributed by atoms with Gasteiger partial charge in [-0.2, -0.15) is 10.2 Å². The third-order valence-corrected chi connectivity index (χ3v) is 8.01. The molecule has 0 saturated carbocycles. The number of amides is 1. The van der Waals surface area contributed by atoms with Crippen molar-refractivity contribution >= 4 is 17.3 Å². The molecule has 0 bridgehead atoms. The van der Waals surface area contributed by atoms with Crippen molar-refractivity contribution in [3.05, 3.63) is 77.9 Å². The van der Waals surface area contributed by atoms with Crippen LogP contribution >= 0.6 is 0 Å². The van der Waals surface area contributed by atoms with Crippen LogP contribution in [-0.2, 0) is 11.3 Å². The quantitative estimate of drug-likeness (QED) is 0.546. The van der Waals surface area contributed by atoms with Crippen LogP contribution in [0.1, 0.15) is 43.1 Å². The Morgan fingerprint density at radius 1 is 0.947 bits per heavy atom. The Kier molecular flexibility index (Phi) is 6.88. The molecule has 8 nitrogen and oxygen atoms in total. The fourth-order valence-electron chi connectivity index (χ4n) is 6.01. The summed E-state index contributed by atoms with van der Waals surface area (Å²) >= 11 is 0. The van der Waals surface area contributed by atoms with E-state index in [1.807, 2.05) is 29.2 Å². The SMILES string of the molecule is O=C(C1CCN(Cc2ccnnc2)CC1)N1CCC(N2c3cc(F)c(F)cc3NC2c2ccccn2)CC1. The Hall–Kier alpha value is -3.66. The predicted molar refractivity (Wildman–Crippen MR) is 139 cm³/mol. The lowest BCUT2D eigenvalue weighted by atomic mass is 9.93. The van der Waals surface area contributed by atoms with E-state index in [2.05, 4.69) is 30.3 Å². The maximum absolute atomic E-state index is 14.3. The third-order valence-electron chi connectivity index (χ3n) is 8.01. The van der Waals surface area contributed by atoms with Crippen molar-refractivity contribution in [3.8, 4) is 0 Å². The van der Waals surface area contributed by atoms with Crippen molar-refractivity contribution < 1.29 is 13.6 Å². The van der Waals surface area contributed by atoms with Gasteiger partial charge in [0.25, 0.3) is 0 Å². The second-order valence-electron chi connectivity index (χ2n) is 10.3. The van der Waals surface area contributed by atoms with Gasteiger partial charge in [-0.25, -0.2) is 8.78 Å². The average molecular weight is 520 g/mol. The van der Waals surface area contributed by atoms with Crippen LogP contribution in [-0.4, -0.2) is 63.1 Å². The lowest BCUT2D eigenvalue weighted by Gasteiger charge is -2.41. The number of rotatable bonds is 5. The minimum absolute atomic E-state index is 0.0471. The van der Waals surface area contributed by atoms with Crippen LogP contribution in [0.5, 0.6) is 0 Å². The number of anilines is 2. The van der Waals surface area contributed by atoms with Gasteiger partial charge in [0.15, 0.2) is 11.6 Å². The first-order valence-corrected chi connectivity index (χ1v) is 13.3. The van der Waals surface area contributed by atoms with Crippen molar-refractivity contribution in [1.29, 1.82) is 0 Å². The first kappa shape index (κ1) is 24.7. The van der Waals surface area contributed by atoms with Crippen LogP contribution in [0.15, 0.2) is 55.0 Å². The fourth-order valence-corrected chi connectivity index (χ4v) is 6.01. The van der Waals surface area contributed by atoms with Gasteiger partial charge in [-0.15, -0.1) is 0 Å². The summed E-state index contributed by atoms with van der Waals surface area (Å²) in [7, 11) is 0. The number of carbonyl (C=O) groups is 1. The molecule has 0 spiro atoms. The zero-order chi connectivity index (χ0) is 26.1. The molecule has 5 heterocycles. The summed E-state index contributed by atoms with van der Waals surface area (Å²) in [6.45, 7) is 3.90. The predicted octanol–water partition coefficient (Wildman–Crippen LogP) is 3.98. The molecule has 1 N–H and O–H groups in total. The number of pyridine rings is 1. The van der Waals surface area contributed by atoms with Gasteiger partial charge in [0.2, 0.25) is 5.91 Å². The molecule has 2 aromatic heterocycles. The number of fused-ring (bicyclic) bond motifs is 1. The Morgan fingerprint density at radius 2 is 1.74 bits per heavy atom. The Labute approximate surface area is 220 Å².